The van der Waals surface area contributed by atoms with Gasteiger partial charge in [0.25, 0.3) is 5.91 Å². The second-order valence-electron chi connectivity index (χ2n) is 7.02. The largest absolute Gasteiger partial charge is 0.488 e. The number of thiazole rings is 1. The lowest BCUT2D eigenvalue weighted by molar-refractivity contribution is 0.0998. The molecule has 28 heavy (non-hydrogen) atoms. The lowest BCUT2D eigenvalue weighted by Gasteiger charge is -2.22. The zero-order valence-corrected chi connectivity index (χ0v) is 17.6. The summed E-state index contributed by atoms with van der Waals surface area (Å²) in [4.78, 5) is 20.8. The normalized spacial score (nSPS) is 12.2. The maximum atomic E-state index is 12.5. The number of amidine groups is 1. The summed E-state index contributed by atoms with van der Waals surface area (Å²) in [7, 11) is 1.73. The van der Waals surface area contributed by atoms with E-state index in [4.69, 9.17) is 15.2 Å². The van der Waals surface area contributed by atoms with E-state index in [0.29, 0.717) is 23.7 Å². The number of aliphatic imine (C=N–C) groups is 1. The summed E-state index contributed by atoms with van der Waals surface area (Å²) >= 11 is 1.56. The molecule has 0 spiro atoms. The number of aromatic nitrogens is 1. The Kier molecular flexibility index (Phi) is 7.17. The van der Waals surface area contributed by atoms with Gasteiger partial charge in [-0.25, -0.2) is 4.98 Å². The van der Waals surface area contributed by atoms with Crippen LogP contribution in [0.3, 0.4) is 0 Å². The van der Waals surface area contributed by atoms with Gasteiger partial charge in [0.15, 0.2) is 0 Å². The van der Waals surface area contributed by atoms with Crippen molar-refractivity contribution in [3.05, 3.63) is 52.1 Å². The molecule has 0 fully saturated rings. The number of carbonyl (C=O) groups is 1. The molecule has 0 atom stereocenters. The van der Waals surface area contributed by atoms with Crippen molar-refractivity contribution < 1.29 is 14.3 Å². The average molecular weight is 403 g/mol. The molecule has 150 valence electrons. The van der Waals surface area contributed by atoms with Crippen LogP contribution in [0.2, 0.25) is 0 Å². The molecule has 0 saturated heterocycles. The summed E-state index contributed by atoms with van der Waals surface area (Å²) < 4.78 is 11.7. The number of rotatable bonds is 7. The third kappa shape index (κ3) is 7.03. The number of nitrogens with two attached hydrogens (primary N) is 1. The third-order valence-corrected chi connectivity index (χ3v) is 4.08. The van der Waals surface area contributed by atoms with Gasteiger partial charge in [0.05, 0.1) is 10.7 Å². The first-order valence-electron chi connectivity index (χ1n) is 8.76. The van der Waals surface area contributed by atoms with E-state index in [1.54, 1.807) is 42.8 Å². The van der Waals surface area contributed by atoms with Gasteiger partial charge in [-0.3, -0.25) is 4.79 Å². The predicted molar refractivity (Wildman–Crippen MR) is 112 cm³/mol. The summed E-state index contributed by atoms with van der Waals surface area (Å²) in [5, 5.41) is 5.70. The van der Waals surface area contributed by atoms with E-state index in [2.05, 4.69) is 15.3 Å². The van der Waals surface area contributed by atoms with Crippen LogP contribution in [0.25, 0.3) is 0 Å². The molecule has 1 heterocycles. The quantitative estimate of drug-likeness (QED) is 0.544. The van der Waals surface area contributed by atoms with E-state index in [0.717, 1.165) is 10.7 Å². The van der Waals surface area contributed by atoms with Gasteiger partial charge in [0, 0.05) is 24.1 Å². The fourth-order valence-corrected chi connectivity index (χ4v) is 2.81. The van der Waals surface area contributed by atoms with Crippen LogP contribution in [0, 0.1) is 6.92 Å². The highest BCUT2D eigenvalue weighted by Gasteiger charge is 2.16. The SMILES string of the molecule is CN/C=C\C(N)=NC(=O)c1cc(OCc2csc(C)n2)cc(OC(C)(C)C)c1. The number of aryl methyl sites for hydroxylation is 1. The molecular weight excluding hydrogens is 376 g/mol. The molecule has 1 aromatic heterocycles. The zero-order chi connectivity index (χ0) is 20.7. The highest BCUT2D eigenvalue weighted by Crippen LogP contribution is 2.27. The second-order valence-corrected chi connectivity index (χ2v) is 8.08. The number of carbonyl (C=O) groups excluding carboxylic acids is 1. The van der Waals surface area contributed by atoms with Gasteiger partial charge in [-0.2, -0.15) is 4.99 Å². The van der Waals surface area contributed by atoms with Gasteiger partial charge in [-0.05, 0) is 52.1 Å². The molecule has 2 rings (SSSR count). The van der Waals surface area contributed by atoms with E-state index in [-0.39, 0.29) is 5.84 Å². The van der Waals surface area contributed by atoms with Crippen molar-refractivity contribution in [2.75, 3.05) is 7.05 Å². The Morgan fingerprint density at radius 2 is 2.04 bits per heavy atom. The average Bonchev–Trinajstić information content (AvgIpc) is 3.02. The van der Waals surface area contributed by atoms with Gasteiger partial charge in [-0.15, -0.1) is 11.3 Å². The summed E-state index contributed by atoms with van der Waals surface area (Å²) in [5.41, 5.74) is 6.47. The smallest absolute Gasteiger partial charge is 0.279 e. The van der Waals surface area contributed by atoms with Crippen molar-refractivity contribution in [3.63, 3.8) is 0 Å². The molecule has 0 aliphatic rings. The van der Waals surface area contributed by atoms with Crippen LogP contribution in [-0.2, 0) is 6.61 Å². The highest BCUT2D eigenvalue weighted by atomic mass is 32.1. The topological polar surface area (TPSA) is 98.8 Å². The van der Waals surface area contributed by atoms with E-state index in [1.165, 1.54) is 6.08 Å². The molecule has 0 aliphatic heterocycles. The number of nitrogens with one attached hydrogen (secondary N) is 1. The fraction of sp³-hybridized carbons (Fsp3) is 0.350. The summed E-state index contributed by atoms with van der Waals surface area (Å²) in [5.74, 6) is 0.631. The van der Waals surface area contributed by atoms with Crippen LogP contribution in [0.15, 0.2) is 40.8 Å². The van der Waals surface area contributed by atoms with Crippen molar-refractivity contribution in [1.82, 2.24) is 10.3 Å². The summed E-state index contributed by atoms with van der Waals surface area (Å²) in [6, 6.07) is 5.00. The number of hydrogen-bond acceptors (Lipinski definition) is 6. The minimum absolute atomic E-state index is 0.0990. The van der Waals surface area contributed by atoms with Crippen molar-refractivity contribution in [3.8, 4) is 11.5 Å². The maximum Gasteiger partial charge on any atom is 0.279 e. The Labute approximate surface area is 169 Å². The van der Waals surface area contributed by atoms with Crippen LogP contribution in [0.4, 0.5) is 0 Å². The van der Waals surface area contributed by atoms with Crippen LogP contribution in [0.1, 0.15) is 41.8 Å². The number of hydrogen-bond donors (Lipinski definition) is 2. The monoisotopic (exact) mass is 402 g/mol. The molecule has 7 nitrogen and oxygen atoms in total. The van der Waals surface area contributed by atoms with E-state index in [9.17, 15) is 4.79 Å². The maximum absolute atomic E-state index is 12.5. The first-order valence-corrected chi connectivity index (χ1v) is 9.64. The molecule has 1 aromatic carbocycles. The minimum atomic E-state index is -0.480. The molecule has 0 aliphatic carbocycles. The molecule has 2 aromatic rings. The van der Waals surface area contributed by atoms with Gasteiger partial charge in [0.1, 0.15) is 29.5 Å². The third-order valence-electron chi connectivity index (χ3n) is 3.26. The molecule has 0 unspecified atom stereocenters. The van der Waals surface area contributed by atoms with Gasteiger partial charge in [-0.1, -0.05) is 0 Å². The van der Waals surface area contributed by atoms with Gasteiger partial charge in [0.2, 0.25) is 0 Å². The van der Waals surface area contributed by atoms with Crippen LogP contribution < -0.4 is 20.5 Å². The highest BCUT2D eigenvalue weighted by molar-refractivity contribution is 7.09. The summed E-state index contributed by atoms with van der Waals surface area (Å²) in [6.45, 7) is 8.02. The number of benzene rings is 1. The molecule has 1 amide bonds. The Bertz CT molecular complexity index is 882. The number of amides is 1. The molecule has 0 radical (unpaired) electrons. The van der Waals surface area contributed by atoms with E-state index >= 15 is 0 Å². The van der Waals surface area contributed by atoms with Crippen LogP contribution >= 0.6 is 11.3 Å². The van der Waals surface area contributed by atoms with Gasteiger partial charge < -0.3 is 20.5 Å². The van der Waals surface area contributed by atoms with E-state index < -0.39 is 11.5 Å². The van der Waals surface area contributed by atoms with Crippen LogP contribution in [0.5, 0.6) is 11.5 Å². The molecular formula is C20H26N4O3S. The second kappa shape index (κ2) is 9.36. The van der Waals surface area contributed by atoms with E-state index in [1.807, 2.05) is 33.1 Å². The Balaban J connectivity index is 2.28. The van der Waals surface area contributed by atoms with Crippen molar-refractivity contribution in [2.45, 2.75) is 39.9 Å². The van der Waals surface area contributed by atoms with Crippen molar-refractivity contribution in [1.29, 1.82) is 0 Å². The fourth-order valence-electron chi connectivity index (χ4n) is 2.21. The Hall–Kier alpha value is -2.87. The summed E-state index contributed by atoms with van der Waals surface area (Å²) in [6.07, 6.45) is 3.10. The molecule has 3 N–H and O–H groups in total. The number of ether oxygens (including phenoxy) is 2. The molecule has 0 bridgehead atoms. The Morgan fingerprint density at radius 3 is 2.64 bits per heavy atom. The first kappa shape index (κ1) is 21.4. The molecule has 8 heteroatoms. The van der Waals surface area contributed by atoms with Crippen molar-refractivity contribution >= 4 is 23.1 Å². The lowest BCUT2D eigenvalue weighted by Crippen LogP contribution is -2.23. The number of nitrogens with zero attached hydrogens (tertiary/aromatic N) is 2. The standard InChI is InChI=1S/C20H26N4O3S/c1-13-23-15(12-28-13)11-26-16-8-14(9-17(10-16)27-20(2,3)4)19(25)24-18(21)6-7-22-5/h6-10,12,22H,11H2,1-5H3,(H2,21,24,25)/b7-6-. The van der Waals surface area contributed by atoms with Crippen molar-refractivity contribution in [2.24, 2.45) is 10.7 Å². The molecule has 0 saturated carbocycles. The minimum Gasteiger partial charge on any atom is -0.488 e. The first-order chi connectivity index (χ1) is 13.2. The predicted octanol–water partition coefficient (Wildman–Crippen LogP) is 3.44. The van der Waals surface area contributed by atoms with Gasteiger partial charge >= 0.3 is 0 Å². The zero-order valence-electron chi connectivity index (χ0n) is 16.8. The lowest BCUT2D eigenvalue weighted by atomic mass is 10.1. The Morgan fingerprint density at radius 1 is 1.32 bits per heavy atom. The van der Waals surface area contributed by atoms with Crippen LogP contribution in [-0.4, -0.2) is 29.4 Å².